The Hall–Kier alpha value is -0.690. The number of esters is 1. The molecule has 148 valence electrons. The van der Waals surface area contributed by atoms with Gasteiger partial charge in [0.1, 0.15) is 0 Å². The average Bonchev–Trinajstić information content (AvgIpc) is 2.88. The highest BCUT2D eigenvalue weighted by molar-refractivity contribution is 5.75. The van der Waals surface area contributed by atoms with Crippen molar-refractivity contribution in [2.24, 2.45) is 0 Å². The van der Waals surface area contributed by atoms with Gasteiger partial charge >= 0.3 is 5.97 Å². The molecule has 0 radical (unpaired) electrons. The summed E-state index contributed by atoms with van der Waals surface area (Å²) in [5.74, 6) is -1.07. The Morgan fingerprint density at radius 1 is 1.08 bits per heavy atom. The SMILES string of the molecule is CCOC(=O)[C@@H]1OC(C)(C)O[C@H]1CCCCCCCCC[C@H](O)CO. The zero-order valence-electron chi connectivity index (χ0n) is 16.0. The molecule has 2 N–H and O–H groups in total. The van der Waals surface area contributed by atoms with E-state index in [0.717, 1.165) is 44.9 Å². The Morgan fingerprint density at radius 3 is 2.28 bits per heavy atom. The summed E-state index contributed by atoms with van der Waals surface area (Å²) in [6, 6.07) is 0. The van der Waals surface area contributed by atoms with Crippen LogP contribution in [0.1, 0.15) is 78.6 Å². The van der Waals surface area contributed by atoms with E-state index in [-0.39, 0.29) is 18.7 Å². The molecule has 1 fully saturated rings. The lowest BCUT2D eigenvalue weighted by Crippen LogP contribution is -2.33. The minimum Gasteiger partial charge on any atom is -0.464 e. The molecule has 1 aliphatic rings. The first kappa shape index (κ1) is 22.4. The molecule has 0 aromatic carbocycles. The molecule has 0 aromatic heterocycles. The van der Waals surface area contributed by atoms with Gasteiger partial charge in [0.25, 0.3) is 0 Å². The molecule has 1 aliphatic heterocycles. The normalized spacial score (nSPS) is 23.6. The Bertz CT molecular complexity index is 371. The van der Waals surface area contributed by atoms with Crippen LogP contribution in [0.4, 0.5) is 0 Å². The second-order valence-corrected chi connectivity index (χ2v) is 7.24. The first-order valence-electron chi connectivity index (χ1n) is 9.70. The maximum absolute atomic E-state index is 12.0. The van der Waals surface area contributed by atoms with Crippen LogP contribution in [0.25, 0.3) is 0 Å². The topological polar surface area (TPSA) is 85.2 Å². The summed E-state index contributed by atoms with van der Waals surface area (Å²) in [6.07, 6.45) is 7.72. The summed E-state index contributed by atoms with van der Waals surface area (Å²) < 4.78 is 16.6. The molecule has 6 heteroatoms. The van der Waals surface area contributed by atoms with Crippen molar-refractivity contribution < 1.29 is 29.2 Å². The van der Waals surface area contributed by atoms with E-state index in [0.29, 0.717) is 13.0 Å². The first-order valence-corrected chi connectivity index (χ1v) is 9.70. The zero-order chi connectivity index (χ0) is 18.7. The molecule has 0 saturated carbocycles. The van der Waals surface area contributed by atoms with E-state index in [1.165, 1.54) is 6.42 Å². The van der Waals surface area contributed by atoms with Crippen LogP contribution in [0.5, 0.6) is 0 Å². The van der Waals surface area contributed by atoms with E-state index < -0.39 is 18.0 Å². The number of hydrogen-bond donors (Lipinski definition) is 2. The monoisotopic (exact) mass is 360 g/mol. The van der Waals surface area contributed by atoms with E-state index >= 15 is 0 Å². The van der Waals surface area contributed by atoms with Gasteiger partial charge in [-0.2, -0.15) is 0 Å². The molecule has 1 heterocycles. The first-order chi connectivity index (χ1) is 11.9. The van der Waals surface area contributed by atoms with Gasteiger partial charge in [-0.1, -0.05) is 44.9 Å². The minimum absolute atomic E-state index is 0.142. The van der Waals surface area contributed by atoms with Gasteiger partial charge in [0, 0.05) is 0 Å². The van der Waals surface area contributed by atoms with Gasteiger partial charge in [0.05, 0.1) is 25.4 Å². The molecule has 0 aromatic rings. The fourth-order valence-electron chi connectivity index (χ4n) is 3.17. The van der Waals surface area contributed by atoms with Crippen molar-refractivity contribution in [2.45, 2.75) is 103 Å². The second kappa shape index (κ2) is 11.8. The van der Waals surface area contributed by atoms with E-state index in [1.807, 2.05) is 13.8 Å². The predicted octanol–water partition coefficient (Wildman–Crippen LogP) is 2.93. The lowest BCUT2D eigenvalue weighted by atomic mass is 10.0. The van der Waals surface area contributed by atoms with Gasteiger partial charge < -0.3 is 24.4 Å². The van der Waals surface area contributed by atoms with Gasteiger partial charge in [0.15, 0.2) is 11.9 Å². The summed E-state index contributed by atoms with van der Waals surface area (Å²) in [5.41, 5.74) is 0. The van der Waals surface area contributed by atoms with Gasteiger partial charge in [-0.15, -0.1) is 0 Å². The number of aliphatic hydroxyl groups is 2. The van der Waals surface area contributed by atoms with Gasteiger partial charge in [-0.05, 0) is 33.6 Å². The predicted molar refractivity (Wildman–Crippen MR) is 95.1 cm³/mol. The maximum atomic E-state index is 12.0. The Kier molecular flexibility index (Phi) is 10.6. The number of aliphatic hydroxyl groups excluding tert-OH is 2. The lowest BCUT2D eigenvalue weighted by molar-refractivity contribution is -0.170. The van der Waals surface area contributed by atoms with Gasteiger partial charge in [-0.25, -0.2) is 4.79 Å². The molecule has 0 bridgehead atoms. The third-order valence-corrected chi connectivity index (χ3v) is 4.44. The Labute approximate surface area is 151 Å². The molecule has 0 aliphatic carbocycles. The zero-order valence-corrected chi connectivity index (χ0v) is 16.0. The summed E-state index contributed by atoms with van der Waals surface area (Å²) in [7, 11) is 0. The third kappa shape index (κ3) is 8.99. The summed E-state index contributed by atoms with van der Waals surface area (Å²) in [6.45, 7) is 5.65. The van der Waals surface area contributed by atoms with Crippen molar-refractivity contribution in [3.05, 3.63) is 0 Å². The van der Waals surface area contributed by atoms with E-state index in [9.17, 15) is 9.90 Å². The van der Waals surface area contributed by atoms with Crippen LogP contribution in [-0.2, 0) is 19.0 Å². The minimum atomic E-state index is -0.735. The highest BCUT2D eigenvalue weighted by Gasteiger charge is 2.45. The fourth-order valence-corrected chi connectivity index (χ4v) is 3.17. The number of carbonyl (C=O) groups excluding carboxylic acids is 1. The van der Waals surface area contributed by atoms with Crippen molar-refractivity contribution in [2.75, 3.05) is 13.2 Å². The molecule has 25 heavy (non-hydrogen) atoms. The number of ether oxygens (including phenoxy) is 3. The van der Waals surface area contributed by atoms with Crippen LogP contribution >= 0.6 is 0 Å². The van der Waals surface area contributed by atoms with Crippen LogP contribution in [0, 0.1) is 0 Å². The van der Waals surface area contributed by atoms with Crippen LogP contribution in [0.15, 0.2) is 0 Å². The van der Waals surface area contributed by atoms with E-state index in [2.05, 4.69) is 0 Å². The van der Waals surface area contributed by atoms with Crippen molar-refractivity contribution in [3.8, 4) is 0 Å². The van der Waals surface area contributed by atoms with Gasteiger partial charge in [-0.3, -0.25) is 0 Å². The molecule has 0 unspecified atom stereocenters. The second-order valence-electron chi connectivity index (χ2n) is 7.24. The molecule has 0 spiro atoms. The van der Waals surface area contributed by atoms with Gasteiger partial charge in [0.2, 0.25) is 0 Å². The third-order valence-electron chi connectivity index (χ3n) is 4.44. The largest absolute Gasteiger partial charge is 0.464 e. The van der Waals surface area contributed by atoms with E-state index in [4.69, 9.17) is 19.3 Å². The summed E-state index contributed by atoms with van der Waals surface area (Å²) in [4.78, 5) is 12.0. The smallest absolute Gasteiger partial charge is 0.338 e. The maximum Gasteiger partial charge on any atom is 0.338 e. The molecular weight excluding hydrogens is 324 g/mol. The van der Waals surface area contributed by atoms with Crippen LogP contribution in [-0.4, -0.2) is 53.5 Å². The molecule has 1 saturated heterocycles. The van der Waals surface area contributed by atoms with Crippen LogP contribution in [0.3, 0.4) is 0 Å². The van der Waals surface area contributed by atoms with Crippen LogP contribution in [0.2, 0.25) is 0 Å². The summed E-state index contributed by atoms with van der Waals surface area (Å²) in [5, 5.41) is 18.0. The molecule has 6 nitrogen and oxygen atoms in total. The van der Waals surface area contributed by atoms with Crippen molar-refractivity contribution in [3.63, 3.8) is 0 Å². The number of rotatable bonds is 13. The van der Waals surface area contributed by atoms with Crippen molar-refractivity contribution in [1.29, 1.82) is 0 Å². The van der Waals surface area contributed by atoms with E-state index in [1.54, 1.807) is 6.92 Å². The molecule has 0 amide bonds. The standard InChI is InChI=1S/C19H36O6/c1-4-23-18(22)17-16(24-19(2,3)25-17)13-11-9-7-5-6-8-10-12-15(21)14-20/h15-17,20-21H,4-14H2,1-3H3/t15-,16-,17+/m0/s1. The Balaban J connectivity index is 2.12. The van der Waals surface area contributed by atoms with Crippen molar-refractivity contribution in [1.82, 2.24) is 0 Å². The quantitative estimate of drug-likeness (QED) is 0.388. The Morgan fingerprint density at radius 2 is 1.68 bits per heavy atom. The lowest BCUT2D eigenvalue weighted by Gasteiger charge is -2.16. The molecular formula is C19H36O6. The number of hydrogen-bond acceptors (Lipinski definition) is 6. The number of unbranched alkanes of at least 4 members (excludes halogenated alkanes) is 6. The summed E-state index contributed by atoms with van der Waals surface area (Å²) >= 11 is 0. The highest BCUT2D eigenvalue weighted by atomic mass is 16.8. The molecule has 3 atom stereocenters. The van der Waals surface area contributed by atoms with Crippen molar-refractivity contribution >= 4 is 5.97 Å². The average molecular weight is 360 g/mol. The van der Waals surface area contributed by atoms with Crippen LogP contribution < -0.4 is 0 Å². The number of carbonyl (C=O) groups is 1. The fraction of sp³-hybridized carbons (Fsp3) is 0.947. The highest BCUT2D eigenvalue weighted by Crippen LogP contribution is 2.31. The molecule has 1 rings (SSSR count).